The molecule has 3 heterocycles. The van der Waals surface area contributed by atoms with E-state index in [-0.39, 0.29) is 17.9 Å². The van der Waals surface area contributed by atoms with Crippen molar-refractivity contribution >= 4 is 35.0 Å². The zero-order valence-corrected chi connectivity index (χ0v) is 21.9. The molecule has 2 unspecified atom stereocenters. The van der Waals surface area contributed by atoms with Gasteiger partial charge in [0.15, 0.2) is 0 Å². The van der Waals surface area contributed by atoms with E-state index in [1.54, 1.807) is 17.4 Å². The maximum absolute atomic E-state index is 13.2. The lowest BCUT2D eigenvalue weighted by atomic mass is 9.91. The van der Waals surface area contributed by atoms with E-state index in [4.69, 9.17) is 5.73 Å². The third-order valence-corrected chi connectivity index (χ3v) is 7.80. The normalized spacial score (nSPS) is 14.8. The SMILES string of the molecule is Cc1ccc(C(C)NC(=O)c2cc(C#N)cnc2NCc2ccc(C3C=Cc4ncnc(N)c4C3)s2)cc1. The van der Waals surface area contributed by atoms with Crippen LogP contribution in [0.2, 0.25) is 0 Å². The maximum Gasteiger partial charge on any atom is 0.255 e. The van der Waals surface area contributed by atoms with Crippen molar-refractivity contribution in [2.75, 3.05) is 11.1 Å². The molecule has 1 amide bonds. The second-order valence-electron chi connectivity index (χ2n) is 9.29. The van der Waals surface area contributed by atoms with Crippen LogP contribution >= 0.6 is 11.3 Å². The number of allylic oxidation sites excluding steroid dienone is 1. The van der Waals surface area contributed by atoms with Crippen molar-refractivity contribution in [3.63, 3.8) is 0 Å². The summed E-state index contributed by atoms with van der Waals surface area (Å²) in [5, 5.41) is 15.7. The molecule has 38 heavy (non-hydrogen) atoms. The molecular weight excluding hydrogens is 494 g/mol. The Morgan fingerprint density at radius 1 is 1.21 bits per heavy atom. The average molecular weight is 522 g/mol. The molecule has 1 aliphatic rings. The quantitative estimate of drug-likeness (QED) is 0.307. The minimum absolute atomic E-state index is 0.199. The number of fused-ring (bicyclic) bond motifs is 1. The topological polar surface area (TPSA) is 130 Å². The number of aryl methyl sites for hydroxylation is 1. The number of nitrogen functional groups attached to an aromatic ring is 1. The summed E-state index contributed by atoms with van der Waals surface area (Å²) in [7, 11) is 0. The first-order chi connectivity index (χ1) is 18.4. The number of pyridine rings is 1. The van der Waals surface area contributed by atoms with Gasteiger partial charge in [-0.05, 0) is 50.1 Å². The molecule has 8 nitrogen and oxygen atoms in total. The van der Waals surface area contributed by atoms with Gasteiger partial charge in [0.1, 0.15) is 24.0 Å². The molecule has 5 rings (SSSR count). The number of amides is 1. The number of nitrogens with zero attached hydrogens (tertiary/aromatic N) is 4. The Hall–Kier alpha value is -4.55. The standard InChI is InChI=1S/C29H27N7OS/c1-17-3-5-20(6-4-17)18(2)36-29(37)24-11-19(13-30)14-32-28(24)33-15-22-8-10-26(38-22)21-7-9-25-23(12-21)27(31)35-16-34-25/h3-11,14,16,18,21H,12,15H2,1-2H3,(H,32,33)(H,36,37)(H2,31,34,35). The summed E-state index contributed by atoms with van der Waals surface area (Å²) in [4.78, 5) is 28.3. The molecule has 0 fully saturated rings. The Morgan fingerprint density at radius 2 is 2.03 bits per heavy atom. The number of nitrogens with two attached hydrogens (primary N) is 1. The van der Waals surface area contributed by atoms with E-state index in [2.05, 4.69) is 49.9 Å². The van der Waals surface area contributed by atoms with E-state index in [0.717, 1.165) is 33.7 Å². The Kier molecular flexibility index (Phi) is 7.15. The van der Waals surface area contributed by atoms with Gasteiger partial charge in [-0.25, -0.2) is 15.0 Å². The van der Waals surface area contributed by atoms with Crippen LogP contribution in [0.3, 0.4) is 0 Å². The molecule has 3 aromatic heterocycles. The van der Waals surface area contributed by atoms with Gasteiger partial charge in [-0.15, -0.1) is 11.3 Å². The van der Waals surface area contributed by atoms with Crippen molar-refractivity contribution in [2.24, 2.45) is 0 Å². The second kappa shape index (κ2) is 10.8. The summed E-state index contributed by atoms with van der Waals surface area (Å²) in [6, 6.07) is 15.7. The lowest BCUT2D eigenvalue weighted by Crippen LogP contribution is -2.27. The van der Waals surface area contributed by atoms with E-state index < -0.39 is 0 Å². The van der Waals surface area contributed by atoms with Crippen molar-refractivity contribution in [2.45, 2.75) is 38.8 Å². The molecule has 0 saturated heterocycles. The summed E-state index contributed by atoms with van der Waals surface area (Å²) in [6.07, 6.45) is 7.87. The predicted molar refractivity (Wildman–Crippen MR) is 150 cm³/mol. The molecule has 1 aliphatic carbocycles. The number of nitrogens with one attached hydrogen (secondary N) is 2. The first-order valence-corrected chi connectivity index (χ1v) is 13.1. The molecule has 190 valence electrons. The minimum atomic E-state index is -0.289. The number of benzene rings is 1. The highest BCUT2D eigenvalue weighted by Gasteiger charge is 2.21. The molecule has 4 N–H and O–H groups in total. The molecular formula is C29H27N7OS. The highest BCUT2D eigenvalue weighted by atomic mass is 32.1. The number of carbonyl (C=O) groups excluding carboxylic acids is 1. The Labute approximate surface area is 225 Å². The third kappa shape index (κ3) is 5.41. The van der Waals surface area contributed by atoms with Crippen LogP contribution in [0.5, 0.6) is 0 Å². The van der Waals surface area contributed by atoms with Gasteiger partial charge in [-0.1, -0.05) is 35.9 Å². The highest BCUT2D eigenvalue weighted by Crippen LogP contribution is 2.35. The molecule has 0 saturated carbocycles. The molecule has 0 spiro atoms. The fourth-order valence-corrected chi connectivity index (χ4v) is 5.43. The smallest absolute Gasteiger partial charge is 0.255 e. The number of hydrogen-bond donors (Lipinski definition) is 3. The van der Waals surface area contributed by atoms with E-state index in [1.165, 1.54) is 17.4 Å². The molecule has 1 aromatic carbocycles. The molecule has 9 heteroatoms. The fourth-order valence-electron chi connectivity index (χ4n) is 4.40. The number of carbonyl (C=O) groups is 1. The van der Waals surface area contributed by atoms with Crippen LogP contribution in [0.25, 0.3) is 6.08 Å². The number of thiophene rings is 1. The van der Waals surface area contributed by atoms with Gasteiger partial charge in [0, 0.05) is 27.4 Å². The van der Waals surface area contributed by atoms with Crippen LogP contribution in [-0.4, -0.2) is 20.9 Å². The van der Waals surface area contributed by atoms with Crippen LogP contribution in [0.15, 0.2) is 61.1 Å². The van der Waals surface area contributed by atoms with Gasteiger partial charge in [-0.2, -0.15) is 5.26 Å². The number of nitriles is 1. The average Bonchev–Trinajstić information content (AvgIpc) is 3.41. The largest absolute Gasteiger partial charge is 0.383 e. The molecule has 0 bridgehead atoms. The zero-order valence-electron chi connectivity index (χ0n) is 21.1. The molecule has 2 atom stereocenters. The monoisotopic (exact) mass is 521 g/mol. The summed E-state index contributed by atoms with van der Waals surface area (Å²) in [5.74, 6) is 0.871. The van der Waals surface area contributed by atoms with Gasteiger partial charge in [-0.3, -0.25) is 4.79 Å². The van der Waals surface area contributed by atoms with Crippen molar-refractivity contribution in [1.29, 1.82) is 5.26 Å². The van der Waals surface area contributed by atoms with Gasteiger partial charge < -0.3 is 16.4 Å². The molecule has 0 radical (unpaired) electrons. The van der Waals surface area contributed by atoms with Gasteiger partial charge in [0.05, 0.1) is 29.4 Å². The number of aromatic nitrogens is 3. The fraction of sp³-hybridized carbons (Fsp3) is 0.207. The van der Waals surface area contributed by atoms with Crippen molar-refractivity contribution in [3.05, 3.63) is 104 Å². The summed E-state index contributed by atoms with van der Waals surface area (Å²) in [5.41, 5.74) is 10.8. The van der Waals surface area contributed by atoms with Crippen LogP contribution in [-0.2, 0) is 13.0 Å². The van der Waals surface area contributed by atoms with E-state index >= 15 is 0 Å². The van der Waals surface area contributed by atoms with Crippen molar-refractivity contribution < 1.29 is 4.79 Å². The zero-order chi connectivity index (χ0) is 26.6. The number of anilines is 2. The van der Waals surface area contributed by atoms with E-state index in [1.807, 2.05) is 44.2 Å². The first-order valence-electron chi connectivity index (χ1n) is 12.3. The molecule has 4 aromatic rings. The molecule has 0 aliphatic heterocycles. The maximum atomic E-state index is 13.2. The first kappa shape index (κ1) is 25.1. The summed E-state index contributed by atoms with van der Waals surface area (Å²) >= 11 is 1.69. The Bertz CT molecular complexity index is 1550. The third-order valence-electron chi connectivity index (χ3n) is 6.59. The van der Waals surface area contributed by atoms with Gasteiger partial charge in [0.2, 0.25) is 0 Å². The number of rotatable bonds is 7. The predicted octanol–water partition coefficient (Wildman–Crippen LogP) is 5.15. The van der Waals surface area contributed by atoms with Crippen molar-refractivity contribution in [3.8, 4) is 6.07 Å². The van der Waals surface area contributed by atoms with Crippen molar-refractivity contribution in [1.82, 2.24) is 20.3 Å². The van der Waals surface area contributed by atoms with Crippen LogP contribution in [0.1, 0.15) is 66.9 Å². The van der Waals surface area contributed by atoms with Crippen LogP contribution in [0, 0.1) is 18.3 Å². The highest BCUT2D eigenvalue weighted by molar-refractivity contribution is 7.12. The minimum Gasteiger partial charge on any atom is -0.383 e. The second-order valence-corrected chi connectivity index (χ2v) is 10.5. The van der Waals surface area contributed by atoms with Crippen LogP contribution in [0.4, 0.5) is 11.6 Å². The summed E-state index contributed by atoms with van der Waals surface area (Å²) in [6.45, 7) is 4.45. The van der Waals surface area contributed by atoms with Gasteiger partial charge >= 0.3 is 0 Å². The van der Waals surface area contributed by atoms with Crippen LogP contribution < -0.4 is 16.4 Å². The van der Waals surface area contributed by atoms with Gasteiger partial charge in [0.25, 0.3) is 5.91 Å². The summed E-state index contributed by atoms with van der Waals surface area (Å²) < 4.78 is 0. The lowest BCUT2D eigenvalue weighted by molar-refractivity contribution is 0.0940. The lowest BCUT2D eigenvalue weighted by Gasteiger charge is -2.18. The number of hydrogen-bond acceptors (Lipinski definition) is 8. The van der Waals surface area contributed by atoms with E-state index in [0.29, 0.717) is 29.3 Å². The van der Waals surface area contributed by atoms with E-state index in [9.17, 15) is 10.1 Å². The Balaban J connectivity index is 1.29. The Morgan fingerprint density at radius 3 is 2.82 bits per heavy atom.